The first-order valence-electron chi connectivity index (χ1n) is 5.37. The lowest BCUT2D eigenvalue weighted by atomic mass is 10.1. The predicted molar refractivity (Wildman–Crippen MR) is 58.2 cm³/mol. The van der Waals surface area contributed by atoms with E-state index in [1.807, 2.05) is 0 Å². The van der Waals surface area contributed by atoms with Crippen LogP contribution in [0.4, 0.5) is 0 Å². The van der Waals surface area contributed by atoms with Gasteiger partial charge in [0.05, 0.1) is 0 Å². The third kappa shape index (κ3) is 7.71. The maximum atomic E-state index is 11.2. The molecular weight excluding hydrogens is 176 g/mol. The molecule has 0 unspecified atom stereocenters. The van der Waals surface area contributed by atoms with Gasteiger partial charge in [-0.3, -0.25) is 9.59 Å². The minimum absolute atomic E-state index is 0.0353. The summed E-state index contributed by atoms with van der Waals surface area (Å²) in [5.41, 5.74) is 0. The summed E-state index contributed by atoms with van der Waals surface area (Å²) in [4.78, 5) is 22.1. The van der Waals surface area contributed by atoms with Gasteiger partial charge in [0.15, 0.2) is 5.78 Å². The zero-order chi connectivity index (χ0) is 10.8. The quantitative estimate of drug-likeness (QED) is 0.419. The van der Waals surface area contributed by atoms with Crippen molar-refractivity contribution >= 4 is 11.6 Å². The molecule has 0 aromatic rings. The third-order valence-electron chi connectivity index (χ3n) is 2.19. The Morgan fingerprint density at radius 1 is 1.07 bits per heavy atom. The molecule has 0 aliphatic rings. The fraction of sp³-hybridized carbons (Fsp3) is 0.667. The second-order valence-corrected chi connectivity index (χ2v) is 3.52. The van der Waals surface area contributed by atoms with Crippen LogP contribution in [0, 0.1) is 0 Å². The monoisotopic (exact) mass is 196 g/mol. The number of ketones is 2. The molecule has 0 rings (SSSR count). The van der Waals surface area contributed by atoms with E-state index in [0.717, 1.165) is 12.8 Å². The molecule has 2 nitrogen and oxygen atoms in total. The molecule has 0 aromatic carbocycles. The van der Waals surface area contributed by atoms with Crippen molar-refractivity contribution in [2.45, 2.75) is 51.9 Å². The van der Waals surface area contributed by atoms with E-state index in [1.54, 1.807) is 0 Å². The van der Waals surface area contributed by atoms with Crippen molar-refractivity contribution in [3.05, 3.63) is 12.7 Å². The first kappa shape index (κ1) is 13.1. The molecule has 0 aromatic heterocycles. The van der Waals surface area contributed by atoms with E-state index in [1.165, 1.54) is 18.9 Å². The van der Waals surface area contributed by atoms with Crippen molar-refractivity contribution in [1.82, 2.24) is 0 Å². The highest BCUT2D eigenvalue weighted by Gasteiger charge is 2.03. The second kappa shape index (κ2) is 8.67. The van der Waals surface area contributed by atoms with Crippen molar-refractivity contribution in [3.8, 4) is 0 Å². The molecule has 80 valence electrons. The van der Waals surface area contributed by atoms with Crippen LogP contribution in [0.1, 0.15) is 51.9 Å². The van der Waals surface area contributed by atoms with Gasteiger partial charge in [-0.25, -0.2) is 0 Å². The van der Waals surface area contributed by atoms with Crippen LogP contribution in [0.25, 0.3) is 0 Å². The van der Waals surface area contributed by atoms with Gasteiger partial charge in [0.25, 0.3) is 0 Å². The van der Waals surface area contributed by atoms with Gasteiger partial charge in [-0.2, -0.15) is 0 Å². The van der Waals surface area contributed by atoms with E-state index in [9.17, 15) is 9.59 Å². The van der Waals surface area contributed by atoms with Crippen molar-refractivity contribution in [2.75, 3.05) is 0 Å². The van der Waals surface area contributed by atoms with Gasteiger partial charge < -0.3 is 0 Å². The van der Waals surface area contributed by atoms with Crippen LogP contribution in [0.2, 0.25) is 0 Å². The van der Waals surface area contributed by atoms with Crippen LogP contribution in [-0.2, 0) is 9.59 Å². The second-order valence-electron chi connectivity index (χ2n) is 3.52. The Kier molecular flexibility index (Phi) is 8.10. The summed E-state index contributed by atoms with van der Waals surface area (Å²) >= 11 is 0. The van der Waals surface area contributed by atoms with E-state index in [4.69, 9.17) is 0 Å². The Bertz CT molecular complexity index is 194. The van der Waals surface area contributed by atoms with Crippen LogP contribution in [0.5, 0.6) is 0 Å². The van der Waals surface area contributed by atoms with Crippen molar-refractivity contribution in [1.29, 1.82) is 0 Å². The maximum Gasteiger partial charge on any atom is 0.155 e. The molecule has 14 heavy (non-hydrogen) atoms. The summed E-state index contributed by atoms with van der Waals surface area (Å²) < 4.78 is 0. The number of carbonyl (C=O) groups excluding carboxylic acids is 2. The van der Waals surface area contributed by atoms with Gasteiger partial charge in [0, 0.05) is 19.3 Å². The molecule has 0 aliphatic carbocycles. The molecule has 0 spiro atoms. The third-order valence-corrected chi connectivity index (χ3v) is 2.19. The molecule has 0 atom stereocenters. The molecule has 0 heterocycles. The molecule has 2 heteroatoms. The molecule has 0 saturated heterocycles. The Labute approximate surface area is 86.4 Å². The molecular formula is C12H20O2. The van der Waals surface area contributed by atoms with Crippen LogP contribution < -0.4 is 0 Å². The summed E-state index contributed by atoms with van der Waals surface area (Å²) in [6, 6.07) is 0. The van der Waals surface area contributed by atoms with Crippen molar-refractivity contribution in [3.63, 3.8) is 0 Å². The van der Waals surface area contributed by atoms with E-state index in [-0.39, 0.29) is 11.6 Å². The number of hydrogen-bond acceptors (Lipinski definition) is 2. The minimum Gasteiger partial charge on any atom is -0.300 e. The predicted octanol–water partition coefficient (Wildman–Crippen LogP) is 3.06. The first-order valence-corrected chi connectivity index (χ1v) is 5.37. The highest BCUT2D eigenvalue weighted by molar-refractivity contribution is 5.92. The molecule has 0 N–H and O–H groups in total. The number of allylic oxidation sites excluding steroid dienone is 1. The molecule has 0 bridgehead atoms. The standard InChI is InChI=1S/C12H20O2/c1-3-5-6-7-8-12(14)10-9-11(13)4-2/h4H,2-3,5-10H2,1H3. The summed E-state index contributed by atoms with van der Waals surface area (Å²) in [7, 11) is 0. The van der Waals surface area contributed by atoms with Crippen molar-refractivity contribution < 1.29 is 9.59 Å². The summed E-state index contributed by atoms with van der Waals surface area (Å²) in [6.07, 6.45) is 7.09. The first-order chi connectivity index (χ1) is 6.70. The zero-order valence-electron chi connectivity index (χ0n) is 9.05. The van der Waals surface area contributed by atoms with Crippen LogP contribution in [0.3, 0.4) is 0 Å². The topological polar surface area (TPSA) is 34.1 Å². The van der Waals surface area contributed by atoms with E-state index in [2.05, 4.69) is 13.5 Å². The summed E-state index contributed by atoms with van der Waals surface area (Å²) in [5, 5.41) is 0. The average molecular weight is 196 g/mol. The minimum atomic E-state index is -0.0353. The Hall–Kier alpha value is -0.920. The van der Waals surface area contributed by atoms with Crippen molar-refractivity contribution in [2.24, 2.45) is 0 Å². The van der Waals surface area contributed by atoms with Gasteiger partial charge >= 0.3 is 0 Å². The van der Waals surface area contributed by atoms with E-state index >= 15 is 0 Å². The van der Waals surface area contributed by atoms with Gasteiger partial charge in [-0.05, 0) is 12.5 Å². The Morgan fingerprint density at radius 3 is 2.36 bits per heavy atom. The Morgan fingerprint density at radius 2 is 1.79 bits per heavy atom. The number of unbranched alkanes of at least 4 members (excludes halogenated alkanes) is 3. The summed E-state index contributed by atoms with van der Waals surface area (Å²) in [6.45, 7) is 5.51. The lowest BCUT2D eigenvalue weighted by molar-refractivity contribution is -0.122. The zero-order valence-corrected chi connectivity index (χ0v) is 9.05. The summed E-state index contributed by atoms with van der Waals surface area (Å²) in [5.74, 6) is 0.170. The highest BCUT2D eigenvalue weighted by Crippen LogP contribution is 2.05. The highest BCUT2D eigenvalue weighted by atomic mass is 16.1. The van der Waals surface area contributed by atoms with Crippen LogP contribution in [0.15, 0.2) is 12.7 Å². The van der Waals surface area contributed by atoms with Gasteiger partial charge in [0.1, 0.15) is 5.78 Å². The lowest BCUT2D eigenvalue weighted by Crippen LogP contribution is -2.01. The average Bonchev–Trinajstić information content (AvgIpc) is 2.21. The Balaban J connectivity index is 3.37. The molecule has 0 amide bonds. The fourth-order valence-corrected chi connectivity index (χ4v) is 1.24. The number of carbonyl (C=O) groups is 2. The number of rotatable bonds is 9. The smallest absolute Gasteiger partial charge is 0.155 e. The lowest BCUT2D eigenvalue weighted by Gasteiger charge is -1.98. The fourth-order valence-electron chi connectivity index (χ4n) is 1.24. The molecule has 0 fully saturated rings. The normalized spacial score (nSPS) is 9.79. The van der Waals surface area contributed by atoms with Crippen LogP contribution in [-0.4, -0.2) is 11.6 Å². The van der Waals surface area contributed by atoms with E-state index in [0.29, 0.717) is 19.3 Å². The molecule has 0 radical (unpaired) electrons. The van der Waals surface area contributed by atoms with Gasteiger partial charge in [-0.1, -0.05) is 32.8 Å². The van der Waals surface area contributed by atoms with Crippen LogP contribution >= 0.6 is 0 Å². The number of Topliss-reactive ketones (excluding diaryl/α,β-unsaturated/α-hetero) is 1. The van der Waals surface area contributed by atoms with E-state index < -0.39 is 0 Å². The largest absolute Gasteiger partial charge is 0.300 e. The molecule has 0 aliphatic heterocycles. The van der Waals surface area contributed by atoms with Gasteiger partial charge in [-0.15, -0.1) is 0 Å². The maximum absolute atomic E-state index is 11.2. The molecule has 0 saturated carbocycles. The van der Waals surface area contributed by atoms with Gasteiger partial charge in [0.2, 0.25) is 0 Å². The SMILES string of the molecule is C=CC(=O)CCC(=O)CCCCCC. The number of hydrogen-bond donors (Lipinski definition) is 0.